The van der Waals surface area contributed by atoms with Crippen LogP contribution in [0.15, 0.2) is 51.4 Å². The highest BCUT2D eigenvalue weighted by molar-refractivity contribution is 8.00. The molecule has 0 aliphatic heterocycles. The first-order valence-electron chi connectivity index (χ1n) is 7.87. The fourth-order valence-electron chi connectivity index (χ4n) is 2.00. The lowest BCUT2D eigenvalue weighted by Gasteiger charge is -2.11. The van der Waals surface area contributed by atoms with Gasteiger partial charge in [-0.2, -0.15) is 0 Å². The third-order valence-corrected chi connectivity index (χ3v) is 5.44. The predicted octanol–water partition coefficient (Wildman–Crippen LogP) is 3.32. The smallest absolute Gasteiger partial charge is 0.287 e. The lowest BCUT2D eigenvalue weighted by Crippen LogP contribution is -2.41. The normalized spacial score (nSPS) is 11.8. The van der Waals surface area contributed by atoms with Gasteiger partial charge in [0, 0.05) is 5.75 Å². The van der Waals surface area contributed by atoms with Crippen LogP contribution in [0.25, 0.3) is 0 Å². The molecule has 0 saturated heterocycles. The van der Waals surface area contributed by atoms with Crippen LogP contribution in [-0.4, -0.2) is 28.1 Å². The van der Waals surface area contributed by atoms with Gasteiger partial charge in [0.15, 0.2) is 10.1 Å². The van der Waals surface area contributed by atoms with Gasteiger partial charge in [0.05, 0.1) is 6.26 Å². The Hall–Kier alpha value is -2.72. The van der Waals surface area contributed by atoms with Gasteiger partial charge in [-0.3, -0.25) is 14.9 Å². The highest BCUT2D eigenvalue weighted by Gasteiger charge is 2.19. The second-order valence-corrected chi connectivity index (χ2v) is 7.65. The summed E-state index contributed by atoms with van der Waals surface area (Å²) in [4.78, 5) is 24.1. The number of nitrogens with zero attached hydrogens (tertiary/aromatic N) is 2. The molecule has 1 atom stereocenters. The lowest BCUT2D eigenvalue weighted by atomic mass is 10.2. The molecule has 0 fully saturated rings. The van der Waals surface area contributed by atoms with Crippen LogP contribution in [0.3, 0.4) is 0 Å². The van der Waals surface area contributed by atoms with E-state index in [1.54, 1.807) is 25.1 Å². The zero-order chi connectivity index (χ0) is 19.2. The second-order valence-electron chi connectivity index (χ2n) is 5.45. The molecule has 140 valence electrons. The molecule has 10 heteroatoms. The summed E-state index contributed by atoms with van der Waals surface area (Å²) in [6, 6.07) is 8.54. The number of benzene rings is 1. The Bertz CT molecular complexity index is 913. The minimum absolute atomic E-state index is 0.130. The van der Waals surface area contributed by atoms with Crippen LogP contribution in [0.1, 0.15) is 23.0 Å². The standard InChI is InChI=1S/C17H15FN4O3S2/c1-10(19-15(24)13-3-2-8-25-13)14(23)20-16-21-22-17(27-16)26-9-11-4-6-12(18)7-5-11/h2-8,10H,9H2,1H3,(H,19,24)(H,20,21,23). The van der Waals surface area contributed by atoms with Crippen molar-refractivity contribution in [2.24, 2.45) is 0 Å². The van der Waals surface area contributed by atoms with Crippen LogP contribution in [0.5, 0.6) is 0 Å². The first kappa shape index (κ1) is 19.1. The third kappa shape index (κ3) is 5.38. The number of rotatable bonds is 7. The summed E-state index contributed by atoms with van der Waals surface area (Å²) >= 11 is 2.65. The summed E-state index contributed by atoms with van der Waals surface area (Å²) in [6.07, 6.45) is 1.38. The number of carbonyl (C=O) groups is 2. The summed E-state index contributed by atoms with van der Waals surface area (Å²) in [7, 11) is 0. The molecule has 3 rings (SSSR count). The van der Waals surface area contributed by atoms with E-state index in [9.17, 15) is 14.0 Å². The topological polar surface area (TPSA) is 97.1 Å². The monoisotopic (exact) mass is 406 g/mol. The Morgan fingerprint density at radius 1 is 1.26 bits per heavy atom. The van der Waals surface area contributed by atoms with E-state index in [0.717, 1.165) is 5.56 Å². The lowest BCUT2D eigenvalue weighted by molar-refractivity contribution is -0.117. The third-order valence-electron chi connectivity index (χ3n) is 3.40. The van der Waals surface area contributed by atoms with Crippen molar-refractivity contribution in [1.29, 1.82) is 0 Å². The summed E-state index contributed by atoms with van der Waals surface area (Å²) in [5.41, 5.74) is 0.955. The second kappa shape index (κ2) is 8.78. The fraction of sp³-hybridized carbons (Fsp3) is 0.176. The van der Waals surface area contributed by atoms with Gasteiger partial charge in [-0.25, -0.2) is 4.39 Å². The molecule has 0 bridgehead atoms. The van der Waals surface area contributed by atoms with Gasteiger partial charge in [-0.05, 0) is 36.8 Å². The van der Waals surface area contributed by atoms with E-state index < -0.39 is 17.9 Å². The van der Waals surface area contributed by atoms with Crippen LogP contribution in [0.2, 0.25) is 0 Å². The Morgan fingerprint density at radius 3 is 2.74 bits per heavy atom. The van der Waals surface area contributed by atoms with Crippen LogP contribution in [-0.2, 0) is 10.5 Å². The number of aromatic nitrogens is 2. The van der Waals surface area contributed by atoms with Gasteiger partial charge in [-0.15, -0.1) is 10.2 Å². The molecule has 2 aromatic heterocycles. The number of anilines is 1. The van der Waals surface area contributed by atoms with E-state index >= 15 is 0 Å². The van der Waals surface area contributed by atoms with E-state index in [-0.39, 0.29) is 11.6 Å². The van der Waals surface area contributed by atoms with Crippen molar-refractivity contribution in [2.75, 3.05) is 5.32 Å². The molecule has 0 spiro atoms. The number of hydrogen-bond donors (Lipinski definition) is 2. The maximum absolute atomic E-state index is 12.9. The van der Waals surface area contributed by atoms with Crippen molar-refractivity contribution < 1.29 is 18.4 Å². The van der Waals surface area contributed by atoms with Crippen LogP contribution < -0.4 is 10.6 Å². The first-order valence-corrected chi connectivity index (χ1v) is 9.67. The highest BCUT2D eigenvalue weighted by Crippen LogP contribution is 2.28. The SMILES string of the molecule is CC(NC(=O)c1ccco1)C(=O)Nc1nnc(SCc2ccc(F)cc2)s1. The predicted molar refractivity (Wildman–Crippen MR) is 100 cm³/mol. The van der Waals surface area contributed by atoms with Crippen LogP contribution in [0.4, 0.5) is 9.52 Å². The van der Waals surface area contributed by atoms with Gasteiger partial charge in [0.1, 0.15) is 11.9 Å². The molecule has 2 N–H and O–H groups in total. The number of halogens is 1. The Labute approximate surface area is 162 Å². The average molecular weight is 406 g/mol. The van der Waals surface area contributed by atoms with Gasteiger partial charge in [0.2, 0.25) is 11.0 Å². The molecule has 0 radical (unpaired) electrons. The maximum Gasteiger partial charge on any atom is 0.287 e. The Kier molecular flexibility index (Phi) is 6.20. The summed E-state index contributed by atoms with van der Waals surface area (Å²) in [6.45, 7) is 1.56. The highest BCUT2D eigenvalue weighted by atomic mass is 32.2. The summed E-state index contributed by atoms with van der Waals surface area (Å²) in [5, 5.41) is 13.4. The molecular formula is C17H15FN4O3S2. The van der Waals surface area contributed by atoms with E-state index in [2.05, 4.69) is 20.8 Å². The number of amides is 2. The van der Waals surface area contributed by atoms with E-state index in [4.69, 9.17) is 4.42 Å². The zero-order valence-electron chi connectivity index (χ0n) is 14.1. The number of furan rings is 1. The number of nitrogens with one attached hydrogen (secondary N) is 2. The van der Waals surface area contributed by atoms with Crippen LogP contribution in [0, 0.1) is 5.82 Å². The first-order chi connectivity index (χ1) is 13.0. The van der Waals surface area contributed by atoms with Crippen molar-refractivity contribution >= 4 is 40.0 Å². The van der Waals surface area contributed by atoms with E-state index in [0.29, 0.717) is 15.2 Å². The Balaban J connectivity index is 1.49. The van der Waals surface area contributed by atoms with E-state index in [1.165, 1.54) is 47.6 Å². The molecule has 27 heavy (non-hydrogen) atoms. The summed E-state index contributed by atoms with van der Waals surface area (Å²) < 4.78 is 18.5. The van der Waals surface area contributed by atoms with Crippen molar-refractivity contribution in [3.63, 3.8) is 0 Å². The van der Waals surface area contributed by atoms with Crippen molar-refractivity contribution in [2.45, 2.75) is 23.1 Å². The van der Waals surface area contributed by atoms with Gasteiger partial charge in [0.25, 0.3) is 5.91 Å². The quantitative estimate of drug-likeness (QED) is 0.461. The molecule has 3 aromatic rings. The van der Waals surface area contributed by atoms with Crippen LogP contribution >= 0.6 is 23.1 Å². The molecule has 2 amide bonds. The van der Waals surface area contributed by atoms with Crippen molar-refractivity contribution in [1.82, 2.24) is 15.5 Å². The molecule has 0 aliphatic rings. The number of carbonyl (C=O) groups excluding carboxylic acids is 2. The molecule has 1 aromatic carbocycles. The number of hydrogen-bond acceptors (Lipinski definition) is 7. The minimum Gasteiger partial charge on any atom is -0.459 e. The molecule has 0 saturated carbocycles. The van der Waals surface area contributed by atoms with Gasteiger partial charge >= 0.3 is 0 Å². The van der Waals surface area contributed by atoms with E-state index in [1.807, 2.05) is 0 Å². The van der Waals surface area contributed by atoms with Crippen molar-refractivity contribution in [3.8, 4) is 0 Å². The number of thioether (sulfide) groups is 1. The molecule has 2 heterocycles. The molecule has 0 aliphatic carbocycles. The largest absolute Gasteiger partial charge is 0.459 e. The van der Waals surface area contributed by atoms with Gasteiger partial charge in [-0.1, -0.05) is 35.2 Å². The summed E-state index contributed by atoms with van der Waals surface area (Å²) in [5.74, 6) is -0.432. The maximum atomic E-state index is 12.9. The van der Waals surface area contributed by atoms with Gasteiger partial charge < -0.3 is 9.73 Å². The fourth-order valence-corrected chi connectivity index (χ4v) is 3.71. The zero-order valence-corrected chi connectivity index (χ0v) is 15.8. The minimum atomic E-state index is -0.776. The molecule has 1 unspecified atom stereocenters. The average Bonchev–Trinajstić information content (AvgIpc) is 3.33. The van der Waals surface area contributed by atoms with Crippen molar-refractivity contribution in [3.05, 3.63) is 59.8 Å². The molecular weight excluding hydrogens is 391 g/mol. The molecule has 7 nitrogen and oxygen atoms in total. The Morgan fingerprint density at radius 2 is 2.04 bits per heavy atom.